The molecule has 29 heavy (non-hydrogen) atoms. The molecular weight excluding hydrogens is 402 g/mol. The number of ether oxygens (including phenoxy) is 4. The monoisotopic (exact) mass is 423 g/mol. The molecule has 156 valence electrons. The molecular formula is C18H21N3O7S. The first-order valence-electron chi connectivity index (χ1n) is 8.84. The summed E-state index contributed by atoms with van der Waals surface area (Å²) in [7, 11) is 1.78. The van der Waals surface area contributed by atoms with E-state index < -0.39 is 41.7 Å². The van der Waals surface area contributed by atoms with Crippen LogP contribution in [0.25, 0.3) is 11.0 Å². The van der Waals surface area contributed by atoms with E-state index >= 15 is 0 Å². The number of hydrogen-bond acceptors (Lipinski definition) is 10. The van der Waals surface area contributed by atoms with Gasteiger partial charge in [-0.2, -0.15) is 0 Å². The molecule has 1 aliphatic heterocycles. The van der Waals surface area contributed by atoms with Crippen molar-refractivity contribution in [3.8, 4) is 5.75 Å². The highest BCUT2D eigenvalue weighted by Gasteiger charge is 2.47. The zero-order valence-electron chi connectivity index (χ0n) is 16.4. The summed E-state index contributed by atoms with van der Waals surface area (Å²) in [5.74, 6) is -0.903. The largest absolute Gasteiger partial charge is 0.476 e. The normalized spacial score (nSPS) is 24.0. The Hall–Kier alpha value is -2.82. The number of rotatable bonds is 5. The molecule has 1 aliphatic rings. The summed E-state index contributed by atoms with van der Waals surface area (Å²) in [6, 6.07) is 5.27. The van der Waals surface area contributed by atoms with Gasteiger partial charge in [0.2, 0.25) is 0 Å². The summed E-state index contributed by atoms with van der Waals surface area (Å²) in [4.78, 5) is 34.8. The quantitative estimate of drug-likeness (QED) is 0.513. The van der Waals surface area contributed by atoms with Crippen molar-refractivity contribution < 1.29 is 33.3 Å². The first kappa shape index (κ1) is 20.9. The van der Waals surface area contributed by atoms with E-state index in [0.717, 1.165) is 5.52 Å². The van der Waals surface area contributed by atoms with Gasteiger partial charge in [0.15, 0.2) is 23.7 Å². The number of fused-ring (bicyclic) bond motifs is 1. The Balaban J connectivity index is 1.87. The lowest BCUT2D eigenvalue weighted by Crippen LogP contribution is -2.55. The smallest absolute Gasteiger partial charge is 0.303 e. The van der Waals surface area contributed by atoms with Crippen LogP contribution >= 0.6 is 11.8 Å². The van der Waals surface area contributed by atoms with Gasteiger partial charge in [0.1, 0.15) is 11.3 Å². The van der Waals surface area contributed by atoms with Gasteiger partial charge in [-0.25, -0.2) is 4.68 Å². The minimum Gasteiger partial charge on any atom is -0.476 e. The third kappa shape index (κ3) is 4.97. The number of hydrogen-bond donors (Lipinski definition) is 0. The van der Waals surface area contributed by atoms with Gasteiger partial charge in [0.05, 0.1) is 5.52 Å². The van der Waals surface area contributed by atoms with Crippen LogP contribution in [0.2, 0.25) is 0 Å². The molecule has 2 aromatic rings. The van der Waals surface area contributed by atoms with Crippen molar-refractivity contribution in [3.63, 3.8) is 0 Å². The lowest BCUT2D eigenvalue weighted by Gasteiger charge is -2.39. The van der Waals surface area contributed by atoms with Crippen molar-refractivity contribution in [1.29, 1.82) is 0 Å². The number of aryl methyl sites for hydroxylation is 1. The van der Waals surface area contributed by atoms with Crippen LogP contribution in [0.5, 0.6) is 5.75 Å². The zero-order chi connectivity index (χ0) is 21.1. The molecule has 0 N–H and O–H groups in total. The van der Waals surface area contributed by atoms with Crippen molar-refractivity contribution >= 4 is 40.7 Å². The number of thioether (sulfide) groups is 1. The maximum atomic E-state index is 11.7. The van der Waals surface area contributed by atoms with Gasteiger partial charge in [-0.15, -0.1) is 16.9 Å². The van der Waals surface area contributed by atoms with E-state index in [1.807, 2.05) is 6.07 Å². The fraction of sp³-hybridized carbons (Fsp3) is 0.500. The van der Waals surface area contributed by atoms with Crippen molar-refractivity contribution in [3.05, 3.63) is 18.2 Å². The minimum absolute atomic E-state index is 0.299. The molecule has 0 spiro atoms. The topological polar surface area (TPSA) is 119 Å². The Labute approximate surface area is 170 Å². The molecule has 0 bridgehead atoms. The van der Waals surface area contributed by atoms with E-state index in [9.17, 15) is 14.4 Å². The fourth-order valence-electron chi connectivity index (χ4n) is 3.04. The van der Waals surface area contributed by atoms with Gasteiger partial charge in [0, 0.05) is 39.6 Å². The second-order valence-corrected chi connectivity index (χ2v) is 7.61. The summed E-state index contributed by atoms with van der Waals surface area (Å²) in [6.45, 7) is 3.73. The summed E-state index contributed by atoms with van der Waals surface area (Å²) >= 11 is 1.29. The van der Waals surface area contributed by atoms with Gasteiger partial charge in [0.25, 0.3) is 0 Å². The first-order chi connectivity index (χ1) is 13.7. The highest BCUT2D eigenvalue weighted by atomic mass is 32.2. The van der Waals surface area contributed by atoms with Crippen LogP contribution in [0.1, 0.15) is 20.8 Å². The molecule has 3 rings (SSSR count). The molecule has 1 fully saturated rings. The van der Waals surface area contributed by atoms with Crippen LogP contribution < -0.4 is 4.74 Å². The van der Waals surface area contributed by atoms with Gasteiger partial charge in [-0.05, 0) is 12.1 Å². The van der Waals surface area contributed by atoms with Crippen LogP contribution in [0.15, 0.2) is 18.2 Å². The van der Waals surface area contributed by atoms with Crippen LogP contribution in [0, 0.1) is 0 Å². The Morgan fingerprint density at radius 3 is 2.34 bits per heavy atom. The molecule has 0 unspecified atom stereocenters. The Morgan fingerprint density at radius 1 is 1.03 bits per heavy atom. The van der Waals surface area contributed by atoms with Gasteiger partial charge in [-0.3, -0.25) is 14.4 Å². The third-order valence-corrected chi connectivity index (χ3v) is 5.35. The minimum atomic E-state index is -0.994. The lowest BCUT2D eigenvalue weighted by atomic mass is 10.1. The molecule has 2 heterocycles. The summed E-state index contributed by atoms with van der Waals surface area (Å²) < 4.78 is 23.7. The van der Waals surface area contributed by atoms with E-state index in [1.54, 1.807) is 23.9 Å². The number of esters is 3. The number of carbonyl (C=O) groups excluding carboxylic acids is 3. The molecule has 0 aliphatic carbocycles. The number of benzene rings is 1. The second-order valence-electron chi connectivity index (χ2n) is 6.48. The highest BCUT2D eigenvalue weighted by molar-refractivity contribution is 7.99. The molecule has 1 aromatic carbocycles. The third-order valence-electron chi connectivity index (χ3n) is 4.14. The van der Waals surface area contributed by atoms with Gasteiger partial charge in [-0.1, -0.05) is 5.21 Å². The zero-order valence-corrected chi connectivity index (χ0v) is 17.2. The maximum Gasteiger partial charge on any atom is 0.303 e. The van der Waals surface area contributed by atoms with Crippen molar-refractivity contribution in [2.24, 2.45) is 7.05 Å². The van der Waals surface area contributed by atoms with Crippen molar-refractivity contribution in [2.75, 3.05) is 5.75 Å². The summed E-state index contributed by atoms with van der Waals surface area (Å²) in [5, 5.41) is 8.00. The average Bonchev–Trinajstić information content (AvgIpc) is 2.99. The predicted octanol–water partition coefficient (Wildman–Crippen LogP) is 1.22. The van der Waals surface area contributed by atoms with Crippen LogP contribution in [0.4, 0.5) is 0 Å². The molecule has 11 heteroatoms. The molecule has 4 atom stereocenters. The van der Waals surface area contributed by atoms with Crippen LogP contribution in [-0.2, 0) is 35.6 Å². The SMILES string of the molecule is CC(=O)O[C@@H]1[C@@H](OC(C)=O)[C@H](OC(C)=O)CS[C@H]1Oc1ccc2c(c1)nnn2C. The average molecular weight is 423 g/mol. The standard InChI is InChI=1S/C18H21N3O7S/c1-9(22)25-15-8-29-18(17(27-11(3)24)16(15)26-10(2)23)28-12-5-6-14-13(7-12)19-20-21(14)4/h5-7,15-18H,8H2,1-4H3/t15-,16+,17-,18-/m1/s1. The van der Waals surface area contributed by atoms with E-state index in [0.29, 0.717) is 17.0 Å². The Bertz CT molecular complexity index is 931. The van der Waals surface area contributed by atoms with Gasteiger partial charge < -0.3 is 18.9 Å². The molecule has 0 saturated carbocycles. The summed E-state index contributed by atoms with van der Waals surface area (Å²) in [6.07, 6.45) is -2.74. The van der Waals surface area contributed by atoms with E-state index in [1.165, 1.54) is 32.5 Å². The number of carbonyl (C=O) groups is 3. The van der Waals surface area contributed by atoms with E-state index in [2.05, 4.69) is 10.3 Å². The van der Waals surface area contributed by atoms with Crippen LogP contribution in [-0.4, -0.2) is 62.4 Å². The predicted molar refractivity (Wildman–Crippen MR) is 102 cm³/mol. The number of aromatic nitrogens is 3. The summed E-state index contributed by atoms with van der Waals surface area (Å²) in [5.41, 5.74) is 0.784. The van der Waals surface area contributed by atoms with Crippen molar-refractivity contribution in [1.82, 2.24) is 15.0 Å². The number of nitrogens with zero attached hydrogens (tertiary/aromatic N) is 3. The molecule has 0 radical (unpaired) electrons. The maximum absolute atomic E-state index is 11.7. The Kier molecular flexibility index (Phi) is 6.26. The van der Waals surface area contributed by atoms with Gasteiger partial charge >= 0.3 is 17.9 Å². The fourth-order valence-corrected chi connectivity index (χ4v) is 4.25. The van der Waals surface area contributed by atoms with Crippen molar-refractivity contribution in [2.45, 2.75) is 44.5 Å². The van der Waals surface area contributed by atoms with Crippen LogP contribution in [0.3, 0.4) is 0 Å². The highest BCUT2D eigenvalue weighted by Crippen LogP contribution is 2.34. The molecule has 1 saturated heterocycles. The Morgan fingerprint density at radius 2 is 1.69 bits per heavy atom. The molecule has 0 amide bonds. The molecule has 1 aromatic heterocycles. The lowest BCUT2D eigenvalue weighted by molar-refractivity contribution is -0.186. The molecule has 10 nitrogen and oxygen atoms in total. The first-order valence-corrected chi connectivity index (χ1v) is 9.89. The van der Waals surface area contributed by atoms with E-state index in [4.69, 9.17) is 18.9 Å². The second kappa shape index (κ2) is 8.68. The van der Waals surface area contributed by atoms with E-state index in [-0.39, 0.29) is 0 Å².